The molecule has 17 nitrogen and oxygen atoms in total. The number of ether oxygens (including phenoxy) is 4. The number of carbonyl (C=O) groups excluding carboxylic acids is 4. The van der Waals surface area contributed by atoms with Gasteiger partial charge in [0.2, 0.25) is 0 Å². The molecule has 102 heavy (non-hydrogen) atoms. The maximum atomic E-state index is 13.1. The van der Waals surface area contributed by atoms with Crippen LogP contribution in [0.1, 0.15) is 446 Å². The first kappa shape index (κ1) is 100. The predicted octanol–water partition coefficient (Wildman–Crippen LogP) is 25.2. The third kappa shape index (κ3) is 76.3. The average molecular weight is 1490 g/mol. The van der Waals surface area contributed by atoms with Crippen LogP contribution in [0.4, 0.5) is 0 Å². The van der Waals surface area contributed by atoms with Crippen LogP contribution in [0.5, 0.6) is 0 Å². The van der Waals surface area contributed by atoms with Gasteiger partial charge in [-0.1, -0.05) is 394 Å². The van der Waals surface area contributed by atoms with Gasteiger partial charge in [0.15, 0.2) is 12.2 Å². The highest BCUT2D eigenvalue weighted by Gasteiger charge is 2.30. The third-order valence-electron chi connectivity index (χ3n) is 19.5. The number of phosphoric ester groups is 2. The van der Waals surface area contributed by atoms with Crippen LogP contribution in [0.2, 0.25) is 0 Å². The Labute approximate surface area is 626 Å². The first-order valence-corrected chi connectivity index (χ1v) is 46.1. The van der Waals surface area contributed by atoms with E-state index in [-0.39, 0.29) is 25.7 Å². The van der Waals surface area contributed by atoms with E-state index in [0.29, 0.717) is 25.7 Å². The van der Waals surface area contributed by atoms with E-state index < -0.39 is 97.5 Å². The zero-order valence-corrected chi connectivity index (χ0v) is 68.5. The quantitative estimate of drug-likeness (QED) is 0.0222. The van der Waals surface area contributed by atoms with Crippen molar-refractivity contribution in [1.29, 1.82) is 0 Å². The van der Waals surface area contributed by atoms with Crippen LogP contribution < -0.4 is 0 Å². The molecular weight excluding hydrogens is 1330 g/mol. The molecule has 0 aliphatic carbocycles. The lowest BCUT2D eigenvalue weighted by atomic mass is 10.0. The maximum Gasteiger partial charge on any atom is 0.472 e. The number of esters is 4. The van der Waals surface area contributed by atoms with Crippen LogP contribution in [0, 0.1) is 5.92 Å². The van der Waals surface area contributed by atoms with Gasteiger partial charge in [-0.05, 0) is 31.6 Å². The fraction of sp³-hybridized carbons (Fsp3) is 0.952. The van der Waals surface area contributed by atoms with Gasteiger partial charge in [0, 0.05) is 25.7 Å². The Kier molecular flexibility index (Phi) is 74.4. The van der Waals surface area contributed by atoms with Crippen LogP contribution in [-0.4, -0.2) is 96.7 Å². The Morgan fingerprint density at radius 2 is 0.451 bits per heavy atom. The minimum absolute atomic E-state index is 0.109. The maximum absolute atomic E-state index is 13.1. The largest absolute Gasteiger partial charge is 0.472 e. The summed E-state index contributed by atoms with van der Waals surface area (Å²) in [6.07, 6.45) is 67.9. The molecule has 2 unspecified atom stereocenters. The SMILES string of the molecule is CCCCCCCCCCCCCCCCCCCCC(=O)OC[C@H](COP(=O)(O)OC[C@@H](O)COP(=O)(O)OC[C@@H](COC(=O)CCCCCCCCCCCCC)OC(=O)CCCCCCCCCCCCCCCCC)OC(=O)CCCCCCCCCCCCCCCCCC(C)C. The standard InChI is InChI=1S/C83H162O17P2/c1-6-9-12-15-18-21-24-26-28-29-30-34-37-42-47-52-57-62-67-81(86)94-73-79(100-83(88)69-64-59-54-49-44-39-35-31-33-36-41-45-50-55-60-65-76(4)5)75-98-102(91,92)96-71-77(84)70-95-101(89,90)97-74-78(72-93-80(85)66-61-56-51-46-40-23-20-17-14-11-8-3)99-82(87)68-63-58-53-48-43-38-32-27-25-22-19-16-13-10-7-2/h76-79,84H,6-75H2,1-5H3,(H,89,90)(H,91,92)/t77-,78+,79+/m0/s1. The highest BCUT2D eigenvalue weighted by atomic mass is 31.2. The first-order valence-electron chi connectivity index (χ1n) is 43.1. The van der Waals surface area contributed by atoms with Crippen LogP contribution in [0.15, 0.2) is 0 Å². The van der Waals surface area contributed by atoms with E-state index >= 15 is 0 Å². The van der Waals surface area contributed by atoms with Crippen molar-refractivity contribution < 1.29 is 80.2 Å². The van der Waals surface area contributed by atoms with Crippen molar-refractivity contribution in [2.24, 2.45) is 5.92 Å². The van der Waals surface area contributed by atoms with Crippen LogP contribution >= 0.6 is 15.6 Å². The van der Waals surface area contributed by atoms with Crippen molar-refractivity contribution in [3.05, 3.63) is 0 Å². The van der Waals surface area contributed by atoms with Crippen molar-refractivity contribution in [2.75, 3.05) is 39.6 Å². The summed E-state index contributed by atoms with van der Waals surface area (Å²) in [5.74, 6) is -1.30. The topological polar surface area (TPSA) is 237 Å². The number of rotatable bonds is 83. The zero-order valence-electron chi connectivity index (χ0n) is 66.8. The number of unbranched alkanes of at least 4 members (excludes halogenated alkanes) is 55. The van der Waals surface area contributed by atoms with Gasteiger partial charge >= 0.3 is 39.5 Å². The summed E-state index contributed by atoms with van der Waals surface area (Å²) in [7, 11) is -9.92. The minimum atomic E-state index is -4.96. The van der Waals surface area contributed by atoms with E-state index in [0.717, 1.165) is 95.8 Å². The molecule has 0 spiro atoms. The van der Waals surface area contributed by atoms with Gasteiger partial charge in [0.05, 0.1) is 26.4 Å². The lowest BCUT2D eigenvalue weighted by molar-refractivity contribution is -0.161. The van der Waals surface area contributed by atoms with Gasteiger partial charge in [0.1, 0.15) is 19.3 Å². The summed E-state index contributed by atoms with van der Waals surface area (Å²) in [6.45, 7) is 7.38. The summed E-state index contributed by atoms with van der Waals surface area (Å²) >= 11 is 0. The molecule has 606 valence electrons. The molecular formula is C83H162O17P2. The average Bonchev–Trinajstić information content (AvgIpc) is 0.953. The lowest BCUT2D eigenvalue weighted by Crippen LogP contribution is -2.30. The van der Waals surface area contributed by atoms with Gasteiger partial charge in [-0.3, -0.25) is 37.3 Å². The minimum Gasteiger partial charge on any atom is -0.462 e. The first-order chi connectivity index (χ1) is 49.5. The molecule has 0 saturated carbocycles. The van der Waals surface area contributed by atoms with Gasteiger partial charge in [-0.25, -0.2) is 9.13 Å². The van der Waals surface area contributed by atoms with E-state index in [2.05, 4.69) is 34.6 Å². The lowest BCUT2D eigenvalue weighted by Gasteiger charge is -2.21. The molecule has 3 N–H and O–H groups in total. The molecule has 0 heterocycles. The molecule has 0 amide bonds. The zero-order chi connectivity index (χ0) is 74.8. The summed E-state index contributed by atoms with van der Waals surface area (Å²) in [6, 6.07) is 0. The highest BCUT2D eigenvalue weighted by Crippen LogP contribution is 2.45. The summed E-state index contributed by atoms with van der Waals surface area (Å²) < 4.78 is 68.8. The molecule has 0 aromatic rings. The number of aliphatic hydroxyl groups is 1. The summed E-state index contributed by atoms with van der Waals surface area (Å²) in [5, 5.41) is 10.7. The molecule has 0 radical (unpaired) electrons. The normalized spacial score (nSPS) is 13.8. The van der Waals surface area contributed by atoms with Gasteiger partial charge in [0.25, 0.3) is 0 Å². The highest BCUT2D eigenvalue weighted by molar-refractivity contribution is 7.47. The fourth-order valence-corrected chi connectivity index (χ4v) is 14.5. The molecule has 0 aromatic heterocycles. The van der Waals surface area contributed by atoms with E-state index in [1.807, 2.05) is 0 Å². The van der Waals surface area contributed by atoms with Crippen molar-refractivity contribution in [3.8, 4) is 0 Å². The Bertz CT molecular complexity index is 1940. The Morgan fingerprint density at radius 3 is 0.667 bits per heavy atom. The second kappa shape index (κ2) is 75.9. The number of hydrogen-bond acceptors (Lipinski definition) is 15. The second-order valence-electron chi connectivity index (χ2n) is 30.3. The van der Waals surface area contributed by atoms with Crippen LogP contribution in [0.25, 0.3) is 0 Å². The van der Waals surface area contributed by atoms with E-state index in [9.17, 15) is 43.2 Å². The molecule has 5 atom stereocenters. The Balaban J connectivity index is 5.24. The van der Waals surface area contributed by atoms with Gasteiger partial charge < -0.3 is 33.8 Å². The summed E-state index contributed by atoms with van der Waals surface area (Å²) in [5.41, 5.74) is 0. The van der Waals surface area contributed by atoms with Crippen LogP contribution in [-0.2, 0) is 65.4 Å². The monoisotopic (exact) mass is 1490 g/mol. The van der Waals surface area contributed by atoms with Gasteiger partial charge in [-0.15, -0.1) is 0 Å². The number of aliphatic hydroxyl groups excluding tert-OH is 1. The summed E-state index contributed by atoms with van der Waals surface area (Å²) in [4.78, 5) is 73.1. The molecule has 0 aromatic carbocycles. The molecule has 0 fully saturated rings. The smallest absolute Gasteiger partial charge is 0.462 e. The fourth-order valence-electron chi connectivity index (χ4n) is 12.9. The molecule has 0 aliphatic heterocycles. The second-order valence-corrected chi connectivity index (χ2v) is 33.3. The van der Waals surface area contributed by atoms with Crippen molar-refractivity contribution >= 4 is 39.5 Å². The van der Waals surface area contributed by atoms with E-state index in [1.54, 1.807) is 0 Å². The molecule has 0 bridgehead atoms. The third-order valence-corrected chi connectivity index (χ3v) is 21.4. The molecule has 0 rings (SSSR count). The number of carbonyl (C=O) groups is 4. The van der Waals surface area contributed by atoms with Crippen molar-refractivity contribution in [2.45, 2.75) is 464 Å². The molecule has 0 saturated heterocycles. The molecule has 19 heteroatoms. The Morgan fingerprint density at radius 1 is 0.265 bits per heavy atom. The molecule has 0 aliphatic rings. The van der Waals surface area contributed by atoms with E-state index in [4.69, 9.17) is 37.0 Å². The van der Waals surface area contributed by atoms with Crippen molar-refractivity contribution in [3.63, 3.8) is 0 Å². The van der Waals surface area contributed by atoms with Crippen LogP contribution in [0.3, 0.4) is 0 Å². The van der Waals surface area contributed by atoms with Crippen molar-refractivity contribution in [1.82, 2.24) is 0 Å². The van der Waals surface area contributed by atoms with Gasteiger partial charge in [-0.2, -0.15) is 0 Å². The number of hydrogen-bond donors (Lipinski definition) is 3. The Hall–Kier alpha value is -1.94. The predicted molar refractivity (Wildman–Crippen MR) is 418 cm³/mol. The van der Waals surface area contributed by atoms with E-state index in [1.165, 1.54) is 270 Å². The number of phosphoric acid groups is 2.